The van der Waals surface area contributed by atoms with Crippen LogP contribution in [-0.2, 0) is 4.79 Å². The van der Waals surface area contributed by atoms with Crippen molar-refractivity contribution in [3.63, 3.8) is 0 Å². The van der Waals surface area contributed by atoms with Gasteiger partial charge in [0, 0.05) is 23.8 Å². The summed E-state index contributed by atoms with van der Waals surface area (Å²) in [6.07, 6.45) is 4.13. The molecule has 0 radical (unpaired) electrons. The van der Waals surface area contributed by atoms with Gasteiger partial charge in [0.05, 0.1) is 6.21 Å². The molecule has 1 amide bonds. The fraction of sp³-hybridized carbons (Fsp3) is 0.263. The van der Waals surface area contributed by atoms with Gasteiger partial charge in [-0.2, -0.15) is 5.10 Å². The highest BCUT2D eigenvalue weighted by Gasteiger charge is 2.11. The molecular formula is C19H20ClN3O2. The van der Waals surface area contributed by atoms with Crippen molar-refractivity contribution in [2.24, 2.45) is 5.10 Å². The number of rotatable bonds is 6. The molecule has 1 fully saturated rings. The number of benzene rings is 2. The molecule has 6 heteroatoms. The van der Waals surface area contributed by atoms with E-state index in [0.29, 0.717) is 10.8 Å². The van der Waals surface area contributed by atoms with Crippen LogP contribution in [0.25, 0.3) is 0 Å². The number of nitrogens with zero attached hydrogens (tertiary/aromatic N) is 2. The maximum absolute atomic E-state index is 11.7. The SMILES string of the molecule is O=C(COc1cccc(Cl)c1)NN=Cc1ccc(N2CCCC2)cc1. The van der Waals surface area contributed by atoms with E-state index in [1.165, 1.54) is 18.5 Å². The van der Waals surface area contributed by atoms with Crippen molar-refractivity contribution in [3.8, 4) is 5.75 Å². The minimum atomic E-state index is -0.329. The minimum absolute atomic E-state index is 0.119. The zero-order valence-electron chi connectivity index (χ0n) is 13.8. The van der Waals surface area contributed by atoms with E-state index in [1.54, 1.807) is 30.5 Å². The molecule has 0 aromatic heterocycles. The molecule has 0 atom stereocenters. The number of nitrogens with one attached hydrogen (secondary N) is 1. The predicted octanol–water partition coefficient (Wildman–Crippen LogP) is 3.47. The molecule has 1 saturated heterocycles. The van der Waals surface area contributed by atoms with E-state index >= 15 is 0 Å². The molecule has 130 valence electrons. The Kier molecular flexibility index (Phi) is 5.90. The number of anilines is 1. The van der Waals surface area contributed by atoms with Gasteiger partial charge in [-0.3, -0.25) is 4.79 Å². The molecule has 0 bridgehead atoms. The molecule has 5 nitrogen and oxygen atoms in total. The second-order valence-electron chi connectivity index (χ2n) is 5.82. The average molecular weight is 358 g/mol. The number of hydrazone groups is 1. The Morgan fingerprint density at radius 3 is 2.68 bits per heavy atom. The Balaban J connectivity index is 1.45. The number of carbonyl (C=O) groups excluding carboxylic acids is 1. The zero-order valence-corrected chi connectivity index (χ0v) is 14.6. The fourth-order valence-electron chi connectivity index (χ4n) is 2.66. The Hall–Kier alpha value is -2.53. The minimum Gasteiger partial charge on any atom is -0.484 e. The van der Waals surface area contributed by atoms with Crippen LogP contribution >= 0.6 is 11.6 Å². The molecule has 3 rings (SSSR count). The Morgan fingerprint density at radius 2 is 1.96 bits per heavy atom. The van der Waals surface area contributed by atoms with Crippen LogP contribution in [-0.4, -0.2) is 31.8 Å². The topological polar surface area (TPSA) is 53.9 Å². The molecule has 2 aromatic rings. The summed E-state index contributed by atoms with van der Waals surface area (Å²) in [6, 6.07) is 15.0. The Labute approximate surface area is 152 Å². The largest absolute Gasteiger partial charge is 0.484 e. The summed E-state index contributed by atoms with van der Waals surface area (Å²) in [6.45, 7) is 2.12. The molecule has 1 aliphatic rings. The van der Waals surface area contributed by atoms with Gasteiger partial charge >= 0.3 is 0 Å². The van der Waals surface area contributed by atoms with Gasteiger partial charge in [-0.25, -0.2) is 5.43 Å². The number of carbonyl (C=O) groups is 1. The van der Waals surface area contributed by atoms with E-state index in [1.807, 2.05) is 12.1 Å². The molecule has 0 spiro atoms. The summed E-state index contributed by atoms with van der Waals surface area (Å²) in [5.41, 5.74) is 4.61. The first-order valence-electron chi connectivity index (χ1n) is 8.26. The second kappa shape index (κ2) is 8.53. The third-order valence-corrected chi connectivity index (χ3v) is 4.17. The van der Waals surface area contributed by atoms with Gasteiger partial charge in [-0.05, 0) is 48.7 Å². The van der Waals surface area contributed by atoms with Crippen molar-refractivity contribution >= 4 is 29.4 Å². The van der Waals surface area contributed by atoms with E-state index in [-0.39, 0.29) is 12.5 Å². The summed E-state index contributed by atoms with van der Waals surface area (Å²) in [7, 11) is 0. The van der Waals surface area contributed by atoms with Gasteiger partial charge < -0.3 is 9.64 Å². The maximum atomic E-state index is 11.7. The molecule has 1 aliphatic heterocycles. The van der Waals surface area contributed by atoms with Gasteiger partial charge in [0.25, 0.3) is 5.91 Å². The van der Waals surface area contributed by atoms with Crippen LogP contribution in [0.1, 0.15) is 18.4 Å². The third kappa shape index (κ3) is 5.22. The van der Waals surface area contributed by atoms with Crippen LogP contribution in [0.5, 0.6) is 5.75 Å². The average Bonchev–Trinajstić information content (AvgIpc) is 3.15. The monoisotopic (exact) mass is 357 g/mol. The smallest absolute Gasteiger partial charge is 0.277 e. The fourth-order valence-corrected chi connectivity index (χ4v) is 2.84. The van der Waals surface area contributed by atoms with Crippen molar-refractivity contribution in [1.29, 1.82) is 0 Å². The second-order valence-corrected chi connectivity index (χ2v) is 6.26. The van der Waals surface area contributed by atoms with Crippen LogP contribution in [0.2, 0.25) is 5.02 Å². The molecule has 25 heavy (non-hydrogen) atoms. The highest BCUT2D eigenvalue weighted by Crippen LogP contribution is 2.20. The van der Waals surface area contributed by atoms with Crippen LogP contribution in [0.4, 0.5) is 5.69 Å². The molecule has 0 aliphatic carbocycles. The number of halogens is 1. The van der Waals surface area contributed by atoms with E-state index < -0.39 is 0 Å². The van der Waals surface area contributed by atoms with Crippen LogP contribution in [0.3, 0.4) is 0 Å². The molecule has 0 unspecified atom stereocenters. The Bertz CT molecular complexity index is 741. The third-order valence-electron chi connectivity index (χ3n) is 3.93. The molecule has 2 aromatic carbocycles. The normalized spacial score (nSPS) is 14.0. The summed E-state index contributed by atoms with van der Waals surface area (Å²) >= 11 is 5.86. The Morgan fingerprint density at radius 1 is 1.20 bits per heavy atom. The lowest BCUT2D eigenvalue weighted by Gasteiger charge is -2.17. The lowest BCUT2D eigenvalue weighted by Crippen LogP contribution is -2.24. The highest BCUT2D eigenvalue weighted by molar-refractivity contribution is 6.30. The van der Waals surface area contributed by atoms with E-state index in [2.05, 4.69) is 27.6 Å². The summed E-state index contributed by atoms with van der Waals surface area (Å²) in [5, 5.41) is 4.52. The quantitative estimate of drug-likeness (QED) is 0.636. The first-order valence-corrected chi connectivity index (χ1v) is 8.64. The number of ether oxygens (including phenoxy) is 1. The van der Waals surface area contributed by atoms with Gasteiger partial charge in [0.15, 0.2) is 6.61 Å². The van der Waals surface area contributed by atoms with Crippen LogP contribution < -0.4 is 15.1 Å². The van der Waals surface area contributed by atoms with Crippen molar-refractivity contribution in [1.82, 2.24) is 5.43 Å². The van der Waals surface area contributed by atoms with Crippen molar-refractivity contribution in [3.05, 3.63) is 59.1 Å². The maximum Gasteiger partial charge on any atom is 0.277 e. The van der Waals surface area contributed by atoms with Crippen LogP contribution in [0, 0.1) is 0 Å². The summed E-state index contributed by atoms with van der Waals surface area (Å²) in [4.78, 5) is 14.1. The van der Waals surface area contributed by atoms with Crippen molar-refractivity contribution in [2.45, 2.75) is 12.8 Å². The van der Waals surface area contributed by atoms with E-state index in [9.17, 15) is 4.79 Å². The first-order chi connectivity index (χ1) is 12.2. The molecular weight excluding hydrogens is 338 g/mol. The van der Waals surface area contributed by atoms with Gasteiger partial charge in [-0.15, -0.1) is 0 Å². The first kappa shape index (κ1) is 17.3. The summed E-state index contributed by atoms with van der Waals surface area (Å²) in [5.74, 6) is 0.217. The standard InChI is InChI=1S/C19H20ClN3O2/c20-16-4-3-5-18(12-16)25-14-19(24)22-21-13-15-6-8-17(9-7-15)23-10-1-2-11-23/h3-9,12-13H,1-2,10-11,14H2,(H,22,24). The van der Waals surface area contributed by atoms with Gasteiger partial charge in [0.2, 0.25) is 0 Å². The van der Waals surface area contributed by atoms with Crippen molar-refractivity contribution in [2.75, 3.05) is 24.6 Å². The molecule has 1 heterocycles. The highest BCUT2D eigenvalue weighted by atomic mass is 35.5. The number of hydrogen-bond donors (Lipinski definition) is 1. The van der Waals surface area contributed by atoms with Gasteiger partial charge in [0.1, 0.15) is 5.75 Å². The lowest BCUT2D eigenvalue weighted by molar-refractivity contribution is -0.123. The molecule has 1 N–H and O–H groups in total. The number of amides is 1. The lowest BCUT2D eigenvalue weighted by atomic mass is 10.2. The van der Waals surface area contributed by atoms with Crippen LogP contribution in [0.15, 0.2) is 53.6 Å². The van der Waals surface area contributed by atoms with E-state index in [0.717, 1.165) is 18.7 Å². The van der Waals surface area contributed by atoms with Crippen molar-refractivity contribution < 1.29 is 9.53 Å². The van der Waals surface area contributed by atoms with E-state index in [4.69, 9.17) is 16.3 Å². The predicted molar refractivity (Wildman–Crippen MR) is 101 cm³/mol. The zero-order chi connectivity index (χ0) is 17.5. The number of hydrogen-bond acceptors (Lipinski definition) is 4. The van der Waals surface area contributed by atoms with Gasteiger partial charge in [-0.1, -0.05) is 29.8 Å². The summed E-state index contributed by atoms with van der Waals surface area (Å²) < 4.78 is 5.35. The molecule has 0 saturated carbocycles.